The van der Waals surface area contributed by atoms with Crippen LogP contribution in [0.25, 0.3) is 0 Å². The van der Waals surface area contributed by atoms with E-state index in [-0.39, 0.29) is 16.9 Å². The van der Waals surface area contributed by atoms with E-state index < -0.39 is 5.97 Å². The van der Waals surface area contributed by atoms with Gasteiger partial charge in [-0.15, -0.1) is 0 Å². The summed E-state index contributed by atoms with van der Waals surface area (Å²) in [6.45, 7) is 18.6. The van der Waals surface area contributed by atoms with Gasteiger partial charge in [-0.2, -0.15) is 0 Å². The van der Waals surface area contributed by atoms with E-state index in [1.807, 2.05) is 27.7 Å². The third-order valence-corrected chi connectivity index (χ3v) is 2.22. The standard InChI is InChI=1S/C16H18O3.2C2H6/c1-5-8-14(9-6-2)15(17)12(4)10-11-13(7-3)16(18)19;2*1-2/h5-11H,1,4H2,2-3H3,(H,18,19);2*1-2H3/b9-6-,11-10-,13-7+,14-8+;;. The lowest BCUT2D eigenvalue weighted by Crippen LogP contribution is -2.03. The molecular formula is C20H30O3. The van der Waals surface area contributed by atoms with Crippen LogP contribution < -0.4 is 0 Å². The molecule has 0 aliphatic carbocycles. The summed E-state index contributed by atoms with van der Waals surface area (Å²) in [7, 11) is 0. The first-order valence-corrected chi connectivity index (χ1v) is 7.74. The second-order valence-electron chi connectivity index (χ2n) is 3.59. The first kappa shape index (κ1) is 25.5. The predicted molar refractivity (Wildman–Crippen MR) is 100 cm³/mol. The SMILES string of the molecule is C=C/C=C(\C=C/C)C(=O)C(=C)/C=C\C(=C/C)C(=O)O.CC.CC. The Hall–Kier alpha value is -2.42. The van der Waals surface area contributed by atoms with E-state index in [1.165, 1.54) is 24.3 Å². The Labute approximate surface area is 141 Å². The molecule has 0 unspecified atom stereocenters. The highest BCUT2D eigenvalue weighted by Gasteiger charge is 2.08. The molecule has 1 N–H and O–H groups in total. The normalized spacial score (nSPS) is 11.2. The van der Waals surface area contributed by atoms with Crippen molar-refractivity contribution in [3.63, 3.8) is 0 Å². The monoisotopic (exact) mass is 318 g/mol. The largest absolute Gasteiger partial charge is 0.478 e. The highest BCUT2D eigenvalue weighted by Crippen LogP contribution is 2.10. The van der Waals surface area contributed by atoms with Crippen LogP contribution in [-0.2, 0) is 9.59 Å². The minimum atomic E-state index is -1.05. The van der Waals surface area contributed by atoms with Crippen molar-refractivity contribution in [1.29, 1.82) is 0 Å². The van der Waals surface area contributed by atoms with Crippen LogP contribution in [0.4, 0.5) is 0 Å². The zero-order chi connectivity index (χ0) is 18.8. The lowest BCUT2D eigenvalue weighted by molar-refractivity contribution is -0.132. The molecule has 0 aromatic heterocycles. The smallest absolute Gasteiger partial charge is 0.335 e. The van der Waals surface area contributed by atoms with E-state index in [4.69, 9.17) is 5.11 Å². The van der Waals surface area contributed by atoms with Gasteiger partial charge in [-0.05, 0) is 19.9 Å². The summed E-state index contributed by atoms with van der Waals surface area (Å²) in [5.74, 6) is -1.32. The number of carboxylic acids is 1. The molecule has 0 saturated heterocycles. The number of hydrogen-bond donors (Lipinski definition) is 1. The number of carboxylic acid groups (broad SMARTS) is 1. The van der Waals surface area contributed by atoms with E-state index in [1.54, 1.807) is 32.1 Å². The molecule has 0 saturated carbocycles. The van der Waals surface area contributed by atoms with Crippen LogP contribution in [0.1, 0.15) is 41.5 Å². The first-order chi connectivity index (χ1) is 11.0. The van der Waals surface area contributed by atoms with Crippen LogP contribution in [0.5, 0.6) is 0 Å². The summed E-state index contributed by atoms with van der Waals surface area (Å²) in [5, 5.41) is 8.83. The zero-order valence-corrected chi connectivity index (χ0v) is 15.2. The minimum Gasteiger partial charge on any atom is -0.478 e. The topological polar surface area (TPSA) is 54.4 Å². The van der Waals surface area contributed by atoms with Crippen molar-refractivity contribution < 1.29 is 14.7 Å². The first-order valence-electron chi connectivity index (χ1n) is 7.74. The van der Waals surface area contributed by atoms with Gasteiger partial charge in [0.25, 0.3) is 0 Å². The number of rotatable bonds is 7. The van der Waals surface area contributed by atoms with Crippen LogP contribution in [0.3, 0.4) is 0 Å². The Morgan fingerprint density at radius 1 is 0.913 bits per heavy atom. The van der Waals surface area contributed by atoms with Gasteiger partial charge in [0.15, 0.2) is 5.78 Å². The third-order valence-electron chi connectivity index (χ3n) is 2.22. The highest BCUT2D eigenvalue weighted by atomic mass is 16.4. The van der Waals surface area contributed by atoms with Crippen molar-refractivity contribution in [2.24, 2.45) is 0 Å². The summed E-state index contributed by atoms with van der Waals surface area (Å²) in [4.78, 5) is 22.8. The molecule has 0 atom stereocenters. The summed E-state index contributed by atoms with van der Waals surface area (Å²) < 4.78 is 0. The van der Waals surface area contributed by atoms with Gasteiger partial charge < -0.3 is 5.11 Å². The number of Topliss-reactive ketones (excluding diaryl/α,β-unsaturated/α-hetero) is 1. The zero-order valence-electron chi connectivity index (χ0n) is 15.2. The Balaban J connectivity index is -0.000000919. The van der Waals surface area contributed by atoms with E-state index in [9.17, 15) is 9.59 Å². The Kier molecular flexibility index (Phi) is 19.6. The van der Waals surface area contributed by atoms with Crippen molar-refractivity contribution in [2.75, 3.05) is 0 Å². The average molecular weight is 318 g/mol. The summed E-state index contributed by atoms with van der Waals surface area (Å²) >= 11 is 0. The van der Waals surface area contributed by atoms with Crippen LogP contribution in [0.2, 0.25) is 0 Å². The molecule has 0 aromatic carbocycles. The number of aliphatic carboxylic acids is 1. The average Bonchev–Trinajstić information content (AvgIpc) is 2.57. The summed E-state index contributed by atoms with van der Waals surface area (Å²) in [5.41, 5.74) is 0.769. The molecule has 0 aliphatic rings. The predicted octanol–water partition coefficient (Wildman–Crippen LogP) is 5.44. The second kappa shape index (κ2) is 17.6. The lowest BCUT2D eigenvalue weighted by Gasteiger charge is -2.01. The molecule has 0 amide bonds. The Bertz CT molecular complexity index is 501. The van der Waals surface area contributed by atoms with E-state index in [0.717, 1.165) is 0 Å². The van der Waals surface area contributed by atoms with Gasteiger partial charge in [0, 0.05) is 11.1 Å². The maximum atomic E-state index is 12.0. The Morgan fingerprint density at radius 2 is 1.43 bits per heavy atom. The van der Waals surface area contributed by atoms with Gasteiger partial charge >= 0.3 is 5.97 Å². The van der Waals surface area contributed by atoms with Gasteiger partial charge in [0.1, 0.15) is 0 Å². The number of carbonyl (C=O) groups excluding carboxylic acids is 1. The fourth-order valence-electron chi connectivity index (χ4n) is 1.26. The lowest BCUT2D eigenvalue weighted by atomic mass is 10.0. The van der Waals surface area contributed by atoms with E-state index in [2.05, 4.69) is 13.2 Å². The number of allylic oxidation sites excluding steroid dienone is 8. The van der Waals surface area contributed by atoms with Crippen molar-refractivity contribution in [2.45, 2.75) is 41.5 Å². The molecule has 0 spiro atoms. The third kappa shape index (κ3) is 11.9. The second-order valence-corrected chi connectivity index (χ2v) is 3.59. The molecule has 0 heterocycles. The number of hydrogen-bond acceptors (Lipinski definition) is 2. The van der Waals surface area contributed by atoms with Crippen LogP contribution in [-0.4, -0.2) is 16.9 Å². The van der Waals surface area contributed by atoms with Gasteiger partial charge in [0.05, 0.1) is 5.57 Å². The highest BCUT2D eigenvalue weighted by molar-refractivity contribution is 6.11. The van der Waals surface area contributed by atoms with Gasteiger partial charge in [-0.1, -0.05) is 77.3 Å². The molecule has 0 bridgehead atoms. The van der Waals surface area contributed by atoms with Crippen molar-refractivity contribution in [3.8, 4) is 0 Å². The quantitative estimate of drug-likeness (QED) is 0.502. The number of ketones is 1. The summed E-state index contributed by atoms with van der Waals surface area (Å²) in [6.07, 6.45) is 10.7. The molecule has 0 fully saturated rings. The van der Waals surface area contributed by atoms with E-state index >= 15 is 0 Å². The molecule has 0 rings (SSSR count). The van der Waals surface area contributed by atoms with Crippen molar-refractivity contribution in [1.82, 2.24) is 0 Å². The molecule has 0 aromatic rings. The van der Waals surface area contributed by atoms with Gasteiger partial charge in [0.2, 0.25) is 0 Å². The van der Waals surface area contributed by atoms with Gasteiger partial charge in [-0.3, -0.25) is 4.79 Å². The summed E-state index contributed by atoms with van der Waals surface area (Å²) in [6, 6.07) is 0. The van der Waals surface area contributed by atoms with Crippen LogP contribution in [0.15, 0.2) is 72.4 Å². The minimum absolute atomic E-state index is 0.106. The molecule has 3 heteroatoms. The van der Waals surface area contributed by atoms with Gasteiger partial charge in [-0.25, -0.2) is 4.79 Å². The Morgan fingerprint density at radius 3 is 1.78 bits per heavy atom. The molecule has 0 radical (unpaired) electrons. The molecule has 3 nitrogen and oxygen atoms in total. The molecular weight excluding hydrogens is 288 g/mol. The van der Waals surface area contributed by atoms with Crippen LogP contribution >= 0.6 is 0 Å². The van der Waals surface area contributed by atoms with Crippen molar-refractivity contribution >= 4 is 11.8 Å². The maximum absolute atomic E-state index is 12.0. The maximum Gasteiger partial charge on any atom is 0.335 e. The fourth-order valence-corrected chi connectivity index (χ4v) is 1.26. The molecule has 23 heavy (non-hydrogen) atoms. The molecule has 0 aliphatic heterocycles. The van der Waals surface area contributed by atoms with Crippen LogP contribution in [0, 0.1) is 0 Å². The molecule has 128 valence electrons. The van der Waals surface area contributed by atoms with E-state index in [0.29, 0.717) is 5.57 Å². The number of carbonyl (C=O) groups is 2. The van der Waals surface area contributed by atoms with Crippen molar-refractivity contribution in [3.05, 3.63) is 72.4 Å². The fraction of sp³-hybridized carbons (Fsp3) is 0.300.